The number of nitrogen functional groups attached to an aromatic ring is 1. The second-order valence-electron chi connectivity index (χ2n) is 8.97. The number of hydrogen-bond acceptors (Lipinski definition) is 8. The molecule has 8 nitrogen and oxygen atoms in total. The van der Waals surface area contributed by atoms with Gasteiger partial charge in [0.1, 0.15) is 39.0 Å². The standard InChI is InChI=1S/C30H30B2N2O6S/c1-3-40-24-14-19(9-11-23(24)39-2)12-13-34-25(36)15-21(16-35)41-17-20-6-4-18(5-7-20)8-10-22-29(37)26(31)28(33)27(32)30(22)38/h4-7,9,11,14,16,21,37-38H,3,12-13,15,17,33H2,1-2H3,(H,34,36). The van der Waals surface area contributed by atoms with E-state index in [1.807, 2.05) is 37.3 Å². The predicted molar refractivity (Wildman–Crippen MR) is 164 cm³/mol. The van der Waals surface area contributed by atoms with E-state index < -0.39 is 16.7 Å². The zero-order chi connectivity index (χ0) is 29.9. The molecule has 3 rings (SSSR count). The van der Waals surface area contributed by atoms with Crippen LogP contribution in [0.1, 0.15) is 35.6 Å². The second-order valence-corrected chi connectivity index (χ2v) is 10.2. The van der Waals surface area contributed by atoms with Gasteiger partial charge in [0.05, 0.1) is 19.0 Å². The third kappa shape index (κ3) is 8.41. The minimum atomic E-state index is -0.493. The molecular formula is C30H30B2N2O6S. The monoisotopic (exact) mass is 568 g/mol. The smallest absolute Gasteiger partial charge is 0.221 e. The number of benzene rings is 3. The third-order valence-electron chi connectivity index (χ3n) is 6.12. The molecule has 0 aromatic heterocycles. The molecule has 11 heteroatoms. The van der Waals surface area contributed by atoms with Crippen molar-refractivity contribution in [2.45, 2.75) is 30.8 Å². The molecule has 1 unspecified atom stereocenters. The highest BCUT2D eigenvalue weighted by molar-refractivity contribution is 7.99. The molecule has 3 aromatic rings. The van der Waals surface area contributed by atoms with Crippen molar-refractivity contribution in [3.8, 4) is 34.8 Å². The van der Waals surface area contributed by atoms with E-state index in [9.17, 15) is 19.8 Å². The molecule has 0 heterocycles. The number of amides is 1. The van der Waals surface area contributed by atoms with Crippen molar-refractivity contribution < 1.29 is 29.3 Å². The van der Waals surface area contributed by atoms with Gasteiger partial charge >= 0.3 is 0 Å². The van der Waals surface area contributed by atoms with E-state index >= 15 is 0 Å². The Morgan fingerprint density at radius 3 is 2.34 bits per heavy atom. The van der Waals surface area contributed by atoms with Gasteiger partial charge in [-0.15, -0.1) is 11.8 Å². The van der Waals surface area contributed by atoms with Crippen molar-refractivity contribution in [3.05, 3.63) is 64.7 Å². The van der Waals surface area contributed by atoms with Gasteiger partial charge in [0, 0.05) is 30.0 Å². The van der Waals surface area contributed by atoms with Crippen molar-refractivity contribution in [1.82, 2.24) is 5.32 Å². The van der Waals surface area contributed by atoms with E-state index in [1.54, 1.807) is 19.2 Å². The van der Waals surface area contributed by atoms with Crippen LogP contribution in [-0.4, -0.2) is 63.6 Å². The van der Waals surface area contributed by atoms with Gasteiger partial charge in [-0.1, -0.05) is 30.0 Å². The van der Waals surface area contributed by atoms with Crippen LogP contribution in [0.15, 0.2) is 42.5 Å². The van der Waals surface area contributed by atoms with Crippen LogP contribution in [-0.2, 0) is 21.8 Å². The van der Waals surface area contributed by atoms with E-state index in [0.717, 1.165) is 17.4 Å². The van der Waals surface area contributed by atoms with Gasteiger partial charge in [0.25, 0.3) is 0 Å². The molecular weight excluding hydrogens is 538 g/mol. The minimum Gasteiger partial charge on any atom is -0.507 e. The summed E-state index contributed by atoms with van der Waals surface area (Å²) in [7, 11) is 13.0. The summed E-state index contributed by atoms with van der Waals surface area (Å²) in [5.74, 6) is 6.28. The molecule has 3 aromatic carbocycles. The average molecular weight is 568 g/mol. The Balaban J connectivity index is 1.50. The topological polar surface area (TPSA) is 131 Å². The van der Waals surface area contributed by atoms with Crippen LogP contribution in [0.25, 0.3) is 0 Å². The highest BCUT2D eigenvalue weighted by Gasteiger charge is 2.16. The molecule has 5 N–H and O–H groups in total. The fourth-order valence-corrected chi connectivity index (χ4v) is 4.76. The van der Waals surface area contributed by atoms with Crippen molar-refractivity contribution in [1.29, 1.82) is 0 Å². The lowest BCUT2D eigenvalue weighted by atomic mass is 9.81. The van der Waals surface area contributed by atoms with Crippen molar-refractivity contribution in [3.63, 3.8) is 0 Å². The summed E-state index contributed by atoms with van der Waals surface area (Å²) in [6.07, 6.45) is 1.47. The molecule has 0 aliphatic rings. The lowest BCUT2D eigenvalue weighted by Gasteiger charge is -2.13. The fourth-order valence-electron chi connectivity index (χ4n) is 3.81. The number of methoxy groups -OCH3 is 1. The molecule has 0 saturated heterocycles. The summed E-state index contributed by atoms with van der Waals surface area (Å²) in [5, 5.41) is 22.7. The number of aldehydes is 1. The number of phenolic OH excluding ortho intramolecular Hbond substituents is 2. The van der Waals surface area contributed by atoms with E-state index in [-0.39, 0.29) is 34.5 Å². The maximum absolute atomic E-state index is 12.4. The lowest BCUT2D eigenvalue weighted by molar-refractivity contribution is -0.122. The number of nitrogens with two attached hydrogens (primary N) is 1. The number of carbonyl (C=O) groups excluding carboxylic acids is 2. The van der Waals surface area contributed by atoms with Crippen molar-refractivity contribution in [2.24, 2.45) is 0 Å². The normalized spacial score (nSPS) is 11.2. The minimum absolute atomic E-state index is 0.0748. The van der Waals surface area contributed by atoms with Gasteiger partial charge in [-0.2, -0.15) is 0 Å². The first-order chi connectivity index (χ1) is 19.7. The van der Waals surface area contributed by atoms with E-state index in [1.165, 1.54) is 11.8 Å². The quantitative estimate of drug-likeness (QED) is 0.112. The number of hydrogen-bond donors (Lipinski definition) is 4. The first-order valence-electron chi connectivity index (χ1n) is 12.8. The number of ether oxygens (including phenoxy) is 2. The summed E-state index contributed by atoms with van der Waals surface area (Å²) in [6, 6.07) is 12.9. The Hall–Kier alpha value is -4.16. The van der Waals surface area contributed by atoms with E-state index in [0.29, 0.717) is 42.4 Å². The summed E-state index contributed by atoms with van der Waals surface area (Å²) in [4.78, 5) is 24.0. The number of rotatable bonds is 12. The van der Waals surface area contributed by atoms with Crippen LogP contribution in [0.4, 0.5) is 5.69 Å². The molecule has 0 saturated carbocycles. The molecule has 0 bridgehead atoms. The number of anilines is 1. The molecule has 208 valence electrons. The van der Waals surface area contributed by atoms with Gasteiger partial charge < -0.3 is 35.5 Å². The Labute approximate surface area is 246 Å². The Morgan fingerprint density at radius 1 is 1.07 bits per heavy atom. The number of thioether (sulfide) groups is 1. The molecule has 1 atom stereocenters. The summed E-state index contributed by atoms with van der Waals surface area (Å²) in [6.45, 7) is 2.85. The van der Waals surface area contributed by atoms with Crippen LogP contribution in [0.3, 0.4) is 0 Å². The second kappa shape index (κ2) is 15.0. The molecule has 4 radical (unpaired) electrons. The summed E-state index contributed by atoms with van der Waals surface area (Å²) < 4.78 is 10.9. The highest BCUT2D eigenvalue weighted by Crippen LogP contribution is 2.28. The van der Waals surface area contributed by atoms with Gasteiger partial charge in [-0.25, -0.2) is 0 Å². The Kier molecular flexibility index (Phi) is 11.5. The van der Waals surface area contributed by atoms with Gasteiger partial charge in [0.15, 0.2) is 11.5 Å². The molecule has 0 aliphatic heterocycles. The lowest BCUT2D eigenvalue weighted by Crippen LogP contribution is -2.28. The highest BCUT2D eigenvalue weighted by atomic mass is 32.2. The maximum Gasteiger partial charge on any atom is 0.221 e. The number of aromatic hydroxyl groups is 2. The summed E-state index contributed by atoms with van der Waals surface area (Å²) in [5.41, 5.74) is 7.69. The zero-order valence-corrected chi connectivity index (χ0v) is 23.7. The molecule has 0 aliphatic carbocycles. The van der Waals surface area contributed by atoms with Crippen LogP contribution in [0.2, 0.25) is 0 Å². The molecule has 0 fully saturated rings. The van der Waals surface area contributed by atoms with Crippen LogP contribution < -0.4 is 31.4 Å². The first-order valence-corrected chi connectivity index (χ1v) is 13.9. The average Bonchev–Trinajstić information content (AvgIpc) is 2.98. The van der Waals surface area contributed by atoms with Crippen LogP contribution >= 0.6 is 11.8 Å². The Bertz CT molecular complexity index is 1430. The van der Waals surface area contributed by atoms with Gasteiger partial charge in [0.2, 0.25) is 5.91 Å². The van der Waals surface area contributed by atoms with Crippen LogP contribution in [0.5, 0.6) is 23.0 Å². The first kappa shape index (κ1) is 31.4. The van der Waals surface area contributed by atoms with Crippen LogP contribution in [0, 0.1) is 11.8 Å². The number of nitrogens with one attached hydrogen (secondary N) is 1. The summed E-state index contributed by atoms with van der Waals surface area (Å²) >= 11 is 1.37. The maximum atomic E-state index is 12.4. The van der Waals surface area contributed by atoms with E-state index in [2.05, 4.69) is 17.2 Å². The van der Waals surface area contributed by atoms with Crippen molar-refractivity contribution >= 4 is 56.3 Å². The third-order valence-corrected chi connectivity index (χ3v) is 7.32. The molecule has 0 spiro atoms. The molecule has 41 heavy (non-hydrogen) atoms. The zero-order valence-electron chi connectivity index (χ0n) is 22.9. The largest absolute Gasteiger partial charge is 0.507 e. The van der Waals surface area contributed by atoms with E-state index in [4.69, 9.17) is 30.9 Å². The predicted octanol–water partition coefficient (Wildman–Crippen LogP) is 1.62. The fraction of sp³-hybridized carbons (Fsp3) is 0.267. The number of phenols is 2. The van der Waals surface area contributed by atoms with Gasteiger partial charge in [-0.05, 0) is 59.7 Å². The van der Waals surface area contributed by atoms with Gasteiger partial charge in [-0.3, -0.25) is 4.79 Å². The van der Waals surface area contributed by atoms with Crippen molar-refractivity contribution in [2.75, 3.05) is 26.0 Å². The Morgan fingerprint density at radius 2 is 1.73 bits per heavy atom. The molecule has 1 amide bonds. The SMILES string of the molecule is [B]c1c(N)c([B])c(O)c(C#Cc2ccc(CSC(C=O)CC(=O)NCCc3ccc(OC)c(OCC)c3)cc2)c1O. The number of carbonyl (C=O) groups is 2.